The van der Waals surface area contributed by atoms with Crippen molar-refractivity contribution in [1.29, 1.82) is 0 Å². The molecule has 0 atom stereocenters. The molecule has 0 saturated carbocycles. The quantitative estimate of drug-likeness (QED) is 0.119. The summed E-state index contributed by atoms with van der Waals surface area (Å²) < 4.78 is 29.6. The first-order chi connectivity index (χ1) is 18.1. The van der Waals surface area contributed by atoms with Crippen LogP contribution >= 0.6 is 45.8 Å². The molecule has 0 fully saturated rings. The second-order valence-electron chi connectivity index (χ2n) is 10.3. The molecule has 0 saturated heterocycles. The predicted molar refractivity (Wildman–Crippen MR) is 172 cm³/mol. The van der Waals surface area contributed by atoms with Gasteiger partial charge in [-0.05, 0) is 71.1 Å². The van der Waals surface area contributed by atoms with Crippen LogP contribution in [-0.2, 0) is 0 Å². The van der Waals surface area contributed by atoms with Crippen LogP contribution in [0, 0.1) is 38.6 Å². The third kappa shape index (κ3) is 11.7. The van der Waals surface area contributed by atoms with Gasteiger partial charge in [-0.1, -0.05) is 68.4 Å². The summed E-state index contributed by atoms with van der Waals surface area (Å²) >= 11 is 13.9. The molecule has 0 amide bonds. The Morgan fingerprint density at radius 1 is 0.744 bits per heavy atom. The van der Waals surface area contributed by atoms with Crippen LogP contribution in [0.2, 0.25) is 49.6 Å². The molecule has 0 N–H and O–H groups in total. The average Bonchev–Trinajstić information content (AvgIpc) is 3.40. The zero-order valence-corrected chi connectivity index (χ0v) is 28.2. The standard InChI is InChI=1S/C14H14ClFN2Si.C9H5ClFIN2.C5H10Si/c1-19(2,3)9-8-11-10-18(17-14(11)15)13-6-4-12(16)5-7-13;10-9-8(12)5-14(13-9)7-3-1-6(11)2-4-7;1-5-6(2,3)4/h4-7,10H,1-3H3;1-5H;1H,2-4H3. The number of halogens is 5. The molecule has 2 aromatic carbocycles. The van der Waals surface area contributed by atoms with Crippen LogP contribution in [0.5, 0.6) is 0 Å². The van der Waals surface area contributed by atoms with Crippen molar-refractivity contribution in [3.05, 3.63) is 92.0 Å². The van der Waals surface area contributed by atoms with E-state index in [0.29, 0.717) is 15.9 Å². The average molecular weight is 714 g/mol. The zero-order chi connectivity index (χ0) is 29.4. The zero-order valence-electron chi connectivity index (χ0n) is 22.5. The lowest BCUT2D eigenvalue weighted by atomic mass is 10.3. The molecular formula is C28H29Cl2F2IN4Si2. The van der Waals surface area contributed by atoms with Crippen LogP contribution in [0.15, 0.2) is 60.9 Å². The van der Waals surface area contributed by atoms with Gasteiger partial charge in [0.05, 0.1) is 20.5 Å². The van der Waals surface area contributed by atoms with Crippen molar-refractivity contribution in [3.8, 4) is 34.8 Å². The summed E-state index contributed by atoms with van der Waals surface area (Å²) in [6.07, 6.45) is 8.67. The summed E-state index contributed by atoms with van der Waals surface area (Å²) in [5.41, 5.74) is 8.23. The van der Waals surface area contributed by atoms with Crippen molar-refractivity contribution in [3.63, 3.8) is 0 Å². The van der Waals surface area contributed by atoms with Gasteiger partial charge in [-0.2, -0.15) is 10.2 Å². The van der Waals surface area contributed by atoms with Gasteiger partial charge in [0.1, 0.15) is 27.8 Å². The Balaban J connectivity index is 0.000000234. The highest BCUT2D eigenvalue weighted by Gasteiger charge is 2.10. The summed E-state index contributed by atoms with van der Waals surface area (Å²) in [5, 5.41) is 9.07. The van der Waals surface area contributed by atoms with Gasteiger partial charge < -0.3 is 0 Å². The normalized spacial score (nSPS) is 10.7. The van der Waals surface area contributed by atoms with E-state index in [2.05, 4.69) is 89.1 Å². The highest BCUT2D eigenvalue weighted by Crippen LogP contribution is 2.19. The molecule has 2 aromatic heterocycles. The van der Waals surface area contributed by atoms with Crippen molar-refractivity contribution >= 4 is 61.9 Å². The number of hydrogen-bond acceptors (Lipinski definition) is 2. The van der Waals surface area contributed by atoms with Crippen LogP contribution in [0.4, 0.5) is 8.78 Å². The maximum Gasteiger partial charge on any atom is 0.167 e. The number of aromatic nitrogens is 4. The van der Waals surface area contributed by atoms with Gasteiger partial charge >= 0.3 is 0 Å². The molecule has 39 heavy (non-hydrogen) atoms. The van der Waals surface area contributed by atoms with Gasteiger partial charge in [0.2, 0.25) is 0 Å². The first-order valence-corrected chi connectivity index (χ1v) is 20.6. The summed E-state index contributed by atoms with van der Waals surface area (Å²) in [6, 6.07) is 12.1. The molecule has 0 aliphatic heterocycles. The summed E-state index contributed by atoms with van der Waals surface area (Å²) in [7, 11) is -2.55. The Labute approximate surface area is 254 Å². The smallest absolute Gasteiger partial charge is 0.167 e. The van der Waals surface area contributed by atoms with E-state index in [1.54, 1.807) is 46.0 Å². The molecule has 0 aliphatic rings. The van der Waals surface area contributed by atoms with Crippen LogP contribution in [-0.4, -0.2) is 35.7 Å². The molecule has 0 aliphatic carbocycles. The number of nitrogens with zero attached hydrogens (tertiary/aromatic N) is 4. The molecule has 4 aromatic rings. The lowest BCUT2D eigenvalue weighted by molar-refractivity contribution is 0.626. The molecule has 4 rings (SSSR count). The van der Waals surface area contributed by atoms with Gasteiger partial charge in [-0.25, -0.2) is 18.1 Å². The van der Waals surface area contributed by atoms with Gasteiger partial charge in [-0.15, -0.1) is 17.5 Å². The third-order valence-corrected chi connectivity index (χ3v) is 7.89. The maximum absolute atomic E-state index is 12.9. The summed E-state index contributed by atoms with van der Waals surface area (Å²) in [6.45, 7) is 12.9. The van der Waals surface area contributed by atoms with Crippen molar-refractivity contribution in [2.75, 3.05) is 0 Å². The van der Waals surface area contributed by atoms with Crippen LogP contribution in [0.1, 0.15) is 5.56 Å². The number of hydrogen-bond donors (Lipinski definition) is 0. The van der Waals surface area contributed by atoms with Gasteiger partial charge in [-0.3, -0.25) is 0 Å². The Hall–Kier alpha value is -2.42. The Morgan fingerprint density at radius 2 is 1.15 bits per heavy atom. The fourth-order valence-corrected chi connectivity index (χ4v) is 3.66. The van der Waals surface area contributed by atoms with Crippen LogP contribution < -0.4 is 0 Å². The molecule has 0 spiro atoms. The second kappa shape index (κ2) is 14.3. The Morgan fingerprint density at radius 3 is 1.51 bits per heavy atom. The van der Waals surface area contributed by atoms with E-state index < -0.39 is 16.1 Å². The third-order valence-electron chi connectivity index (χ3n) is 4.48. The van der Waals surface area contributed by atoms with E-state index in [0.717, 1.165) is 14.9 Å². The molecule has 11 heteroatoms. The van der Waals surface area contributed by atoms with Gasteiger partial charge in [0.15, 0.2) is 10.3 Å². The molecule has 0 radical (unpaired) electrons. The van der Waals surface area contributed by atoms with Crippen molar-refractivity contribution in [1.82, 2.24) is 19.6 Å². The second-order valence-corrected chi connectivity index (χ2v) is 21.8. The number of terminal acetylenes is 1. The first kappa shape index (κ1) is 32.8. The Kier molecular flexibility index (Phi) is 12.0. The van der Waals surface area contributed by atoms with Crippen LogP contribution in [0.3, 0.4) is 0 Å². The Bertz CT molecular complexity index is 1470. The largest absolute Gasteiger partial charge is 0.238 e. The van der Waals surface area contributed by atoms with E-state index in [4.69, 9.17) is 29.6 Å². The van der Waals surface area contributed by atoms with Crippen molar-refractivity contribution < 1.29 is 8.78 Å². The molecular weight excluding hydrogens is 684 g/mol. The lowest BCUT2D eigenvalue weighted by Crippen LogP contribution is -2.16. The maximum atomic E-state index is 12.9. The van der Waals surface area contributed by atoms with Gasteiger partial charge in [0, 0.05) is 12.4 Å². The molecule has 204 valence electrons. The number of benzene rings is 2. The van der Waals surface area contributed by atoms with E-state index in [-0.39, 0.29) is 11.6 Å². The first-order valence-electron chi connectivity index (χ1n) is 11.8. The monoisotopic (exact) mass is 712 g/mol. The van der Waals surface area contributed by atoms with Crippen LogP contribution in [0.25, 0.3) is 11.4 Å². The minimum Gasteiger partial charge on any atom is -0.238 e. The number of rotatable bonds is 2. The van der Waals surface area contributed by atoms with Crippen molar-refractivity contribution in [2.45, 2.75) is 39.3 Å². The lowest BCUT2D eigenvalue weighted by Gasteiger charge is -2.02. The molecule has 0 bridgehead atoms. The summed E-state index contributed by atoms with van der Waals surface area (Å²) in [5.74, 6) is 2.54. The highest BCUT2D eigenvalue weighted by molar-refractivity contribution is 14.1. The fraction of sp³-hybridized carbons (Fsp3) is 0.214. The predicted octanol–water partition coefficient (Wildman–Crippen LogP) is 8.66. The van der Waals surface area contributed by atoms with E-state index in [1.807, 2.05) is 0 Å². The SMILES string of the molecule is C#C[Si](C)(C)C.C[Si](C)(C)C#Cc1cn(-c2ccc(F)cc2)nc1Cl.Fc1ccc(-n2cc(I)c(Cl)n2)cc1. The van der Waals surface area contributed by atoms with E-state index in [9.17, 15) is 8.78 Å². The van der Waals surface area contributed by atoms with Gasteiger partial charge in [0.25, 0.3) is 0 Å². The molecule has 2 heterocycles. The van der Waals surface area contributed by atoms with E-state index in [1.165, 1.54) is 24.3 Å². The topological polar surface area (TPSA) is 35.6 Å². The minimum absolute atomic E-state index is 0.262. The van der Waals surface area contributed by atoms with E-state index >= 15 is 0 Å². The highest BCUT2D eigenvalue weighted by atomic mass is 127. The van der Waals surface area contributed by atoms with Crippen molar-refractivity contribution in [2.24, 2.45) is 0 Å². The molecule has 0 unspecified atom stereocenters. The summed E-state index contributed by atoms with van der Waals surface area (Å²) in [4.78, 5) is 0. The fourth-order valence-electron chi connectivity index (χ4n) is 2.48. The minimum atomic E-state index is -1.45. The molecule has 4 nitrogen and oxygen atoms in total.